The molecule has 1 unspecified atom stereocenters. The predicted octanol–water partition coefficient (Wildman–Crippen LogP) is 7.51. The highest BCUT2D eigenvalue weighted by atomic mass is 35.5. The zero-order valence-electron chi connectivity index (χ0n) is 18.9. The summed E-state index contributed by atoms with van der Waals surface area (Å²) in [5, 5.41) is 0.101. The number of nitrogens with two attached hydrogens (primary N) is 1. The highest BCUT2D eigenvalue weighted by Crippen LogP contribution is 2.41. The van der Waals surface area contributed by atoms with Crippen LogP contribution >= 0.6 is 11.6 Å². The van der Waals surface area contributed by atoms with Crippen LogP contribution in [0.1, 0.15) is 45.7 Å². The van der Waals surface area contributed by atoms with Crippen LogP contribution in [0.25, 0.3) is 11.4 Å². The summed E-state index contributed by atoms with van der Waals surface area (Å²) in [6.45, 7) is 7.36. The fourth-order valence-corrected chi connectivity index (χ4v) is 3.87. The van der Waals surface area contributed by atoms with Gasteiger partial charge in [0.15, 0.2) is 5.84 Å². The van der Waals surface area contributed by atoms with Gasteiger partial charge >= 0.3 is 12.2 Å². The Morgan fingerprint density at radius 1 is 1.14 bits per heavy atom. The van der Waals surface area contributed by atoms with Gasteiger partial charge in [0.1, 0.15) is 11.7 Å². The normalized spacial score (nSPS) is 15.7. The molecule has 3 nitrogen and oxygen atoms in total. The lowest BCUT2D eigenvalue weighted by Gasteiger charge is -2.21. The minimum Gasteiger partial charge on any atom is -0.268 e. The maximum absolute atomic E-state index is 15.1. The minimum absolute atomic E-state index is 0.0370. The number of aryl methyl sites for hydroxylation is 1. The molecule has 1 aliphatic heterocycles. The Hall–Kier alpha value is -2.91. The Labute approximate surface area is 203 Å². The smallest absolute Gasteiger partial charge is 0.268 e. The van der Waals surface area contributed by atoms with Crippen molar-refractivity contribution < 1.29 is 26.3 Å². The third-order valence-corrected chi connectivity index (χ3v) is 6.03. The second kappa shape index (κ2) is 9.99. The number of rotatable bonds is 6. The molecule has 0 bridgehead atoms. The van der Waals surface area contributed by atoms with Crippen molar-refractivity contribution in [2.24, 2.45) is 15.7 Å². The lowest BCUT2D eigenvalue weighted by molar-refractivity contribution is -0.139. The summed E-state index contributed by atoms with van der Waals surface area (Å²) in [5.41, 5.74) is 4.41. The van der Waals surface area contributed by atoms with Crippen LogP contribution in [-0.4, -0.2) is 24.8 Å². The van der Waals surface area contributed by atoms with E-state index in [9.17, 15) is 22.0 Å². The molecule has 35 heavy (non-hydrogen) atoms. The first kappa shape index (κ1) is 26.7. The van der Waals surface area contributed by atoms with Crippen molar-refractivity contribution in [2.75, 3.05) is 6.54 Å². The molecule has 1 aliphatic rings. The summed E-state index contributed by atoms with van der Waals surface area (Å²) in [6.07, 6.45) is -2.40. The number of aliphatic imine (C=N–C) groups is 2. The van der Waals surface area contributed by atoms with Crippen LogP contribution in [0.15, 0.2) is 53.0 Å². The lowest BCUT2D eigenvalue weighted by atomic mass is 9.92. The van der Waals surface area contributed by atoms with Crippen LogP contribution in [0, 0.1) is 13.8 Å². The van der Waals surface area contributed by atoms with Crippen molar-refractivity contribution >= 4 is 35.1 Å². The van der Waals surface area contributed by atoms with E-state index in [1.165, 1.54) is 6.07 Å². The van der Waals surface area contributed by atoms with Crippen molar-refractivity contribution in [1.29, 1.82) is 0 Å². The standard InChI is InChI=1S/C25H22ClF6N3/c1-13-9-17(11-21(26)14(13)2)19(24(28,29)30)12-22(27)16-5-6-18(20(10-16)25(31,32)33)15(3)23-34-7-4-8-35-23/h5-7,9-12,19H,3-4,8,33H2,1-2H3/b22-12-. The van der Waals surface area contributed by atoms with Gasteiger partial charge in [-0.3, -0.25) is 10.7 Å². The Morgan fingerprint density at radius 2 is 1.83 bits per heavy atom. The fraction of sp³-hybridized carbons (Fsp3) is 0.280. The Bertz CT molecular complexity index is 1220. The molecule has 2 aromatic rings. The summed E-state index contributed by atoms with van der Waals surface area (Å²) in [4.78, 5) is 8.14. The molecule has 0 amide bonds. The van der Waals surface area contributed by atoms with Gasteiger partial charge in [0, 0.05) is 40.9 Å². The Morgan fingerprint density at radius 3 is 2.37 bits per heavy atom. The van der Waals surface area contributed by atoms with E-state index < -0.39 is 35.1 Å². The van der Waals surface area contributed by atoms with Gasteiger partial charge in [0.2, 0.25) is 0 Å². The first-order valence-corrected chi connectivity index (χ1v) is 10.9. The molecule has 0 saturated carbocycles. The minimum atomic E-state index is -4.87. The zero-order chi connectivity index (χ0) is 26.1. The molecule has 0 aromatic heterocycles. The van der Waals surface area contributed by atoms with Crippen molar-refractivity contribution in [3.63, 3.8) is 0 Å². The Kier molecular flexibility index (Phi) is 7.62. The molecule has 0 radical (unpaired) electrons. The molecule has 0 fully saturated rings. The number of amidine groups is 1. The molecule has 3 rings (SSSR count). The van der Waals surface area contributed by atoms with E-state index in [-0.39, 0.29) is 27.6 Å². The van der Waals surface area contributed by atoms with Crippen LogP contribution in [-0.2, 0) is 6.05 Å². The first-order chi connectivity index (χ1) is 16.2. The van der Waals surface area contributed by atoms with Crippen molar-refractivity contribution in [2.45, 2.75) is 38.4 Å². The molecular formula is C25H22ClF6N3. The Balaban J connectivity index is 2.09. The quantitative estimate of drug-likeness (QED) is 0.315. The van der Waals surface area contributed by atoms with E-state index >= 15 is 4.39 Å². The summed E-state index contributed by atoms with van der Waals surface area (Å²) in [7, 11) is 0. The average Bonchev–Trinajstić information content (AvgIpc) is 2.79. The molecule has 0 aliphatic carbocycles. The molecule has 2 aromatic carbocycles. The van der Waals surface area contributed by atoms with Crippen molar-refractivity contribution in [3.8, 4) is 0 Å². The largest absolute Gasteiger partial charge is 0.399 e. The molecule has 0 spiro atoms. The third-order valence-electron chi connectivity index (χ3n) is 5.63. The van der Waals surface area contributed by atoms with Crippen LogP contribution in [0.2, 0.25) is 5.02 Å². The molecule has 1 heterocycles. The van der Waals surface area contributed by atoms with Gasteiger partial charge in [-0.2, -0.15) is 22.0 Å². The van der Waals surface area contributed by atoms with Gasteiger partial charge in [-0.15, -0.1) is 0 Å². The van der Waals surface area contributed by atoms with Gasteiger partial charge in [0.25, 0.3) is 0 Å². The van der Waals surface area contributed by atoms with Gasteiger partial charge in [-0.1, -0.05) is 36.4 Å². The van der Waals surface area contributed by atoms with Gasteiger partial charge in [-0.25, -0.2) is 9.38 Å². The van der Waals surface area contributed by atoms with E-state index in [4.69, 9.17) is 17.3 Å². The van der Waals surface area contributed by atoms with E-state index in [1.807, 2.05) is 0 Å². The highest BCUT2D eigenvalue weighted by Gasteiger charge is 2.40. The van der Waals surface area contributed by atoms with Gasteiger partial charge < -0.3 is 0 Å². The molecule has 186 valence electrons. The SMILES string of the molecule is C=C(C1=NCCC=N1)c1ccc(/C(F)=C/C(c2cc(C)c(C)c(Cl)c2)C(F)(F)F)cc1C(N)(F)F. The van der Waals surface area contributed by atoms with Gasteiger partial charge in [0.05, 0.1) is 0 Å². The maximum Gasteiger partial charge on any atom is 0.399 e. The van der Waals surface area contributed by atoms with E-state index in [0.29, 0.717) is 36.2 Å². The summed E-state index contributed by atoms with van der Waals surface area (Å²) >= 11 is 6.04. The molecule has 2 N–H and O–H groups in total. The maximum atomic E-state index is 15.1. The summed E-state index contributed by atoms with van der Waals surface area (Å²) in [6, 6.07) is 1.35. The first-order valence-electron chi connectivity index (χ1n) is 10.5. The predicted molar refractivity (Wildman–Crippen MR) is 128 cm³/mol. The topological polar surface area (TPSA) is 50.7 Å². The lowest BCUT2D eigenvalue weighted by Crippen LogP contribution is -2.27. The van der Waals surface area contributed by atoms with E-state index in [2.05, 4.69) is 16.6 Å². The molecular weight excluding hydrogens is 492 g/mol. The van der Waals surface area contributed by atoms with Gasteiger partial charge in [-0.05, 0) is 54.3 Å². The van der Waals surface area contributed by atoms with Crippen LogP contribution < -0.4 is 5.73 Å². The van der Waals surface area contributed by atoms with Crippen molar-refractivity contribution in [1.82, 2.24) is 0 Å². The highest BCUT2D eigenvalue weighted by molar-refractivity contribution is 6.31. The van der Waals surface area contributed by atoms with E-state index in [1.54, 1.807) is 20.1 Å². The molecule has 10 heteroatoms. The number of nitrogens with zero attached hydrogens (tertiary/aromatic N) is 2. The monoisotopic (exact) mass is 513 g/mol. The summed E-state index contributed by atoms with van der Waals surface area (Å²) in [5.74, 6) is -3.59. The summed E-state index contributed by atoms with van der Waals surface area (Å²) < 4.78 is 85.2. The van der Waals surface area contributed by atoms with Crippen LogP contribution in [0.5, 0.6) is 0 Å². The van der Waals surface area contributed by atoms with Crippen molar-refractivity contribution in [3.05, 3.63) is 81.4 Å². The fourth-order valence-electron chi connectivity index (χ4n) is 3.59. The number of benzene rings is 2. The zero-order valence-corrected chi connectivity index (χ0v) is 19.6. The number of halogens is 7. The van der Waals surface area contributed by atoms with Crippen LogP contribution in [0.3, 0.4) is 0 Å². The molecule has 0 saturated heterocycles. The number of hydrogen-bond donors (Lipinski definition) is 1. The van der Waals surface area contributed by atoms with E-state index in [0.717, 1.165) is 18.2 Å². The average molecular weight is 514 g/mol. The number of hydrogen-bond acceptors (Lipinski definition) is 3. The number of allylic oxidation sites excluding steroid dienone is 1. The molecule has 1 atom stereocenters. The second-order valence-corrected chi connectivity index (χ2v) is 8.55. The van der Waals surface area contributed by atoms with Crippen LogP contribution in [0.4, 0.5) is 26.3 Å². The second-order valence-electron chi connectivity index (χ2n) is 8.15. The third kappa shape index (κ3) is 6.02. The number of alkyl halides is 5.